The molecule has 4 aromatic rings. The van der Waals surface area contributed by atoms with Crippen LogP contribution in [0.2, 0.25) is 0 Å². The second-order valence-corrected chi connectivity index (χ2v) is 7.27. The molecule has 0 fully saturated rings. The maximum absolute atomic E-state index is 10.6. The van der Waals surface area contributed by atoms with E-state index in [4.69, 9.17) is 5.10 Å². The Balaban J connectivity index is 1.59. The molecule has 1 atom stereocenters. The summed E-state index contributed by atoms with van der Waals surface area (Å²) < 4.78 is 1.93. The lowest BCUT2D eigenvalue weighted by Gasteiger charge is -2.20. The normalized spacial score (nSPS) is 12.2. The Bertz CT molecular complexity index is 1030. The highest BCUT2D eigenvalue weighted by Crippen LogP contribution is 2.25. The van der Waals surface area contributed by atoms with E-state index in [-0.39, 0.29) is 0 Å². The summed E-state index contributed by atoms with van der Waals surface area (Å²) in [5.74, 6) is 0. The quantitative estimate of drug-likeness (QED) is 0.503. The van der Waals surface area contributed by atoms with Crippen molar-refractivity contribution >= 4 is 0 Å². The van der Waals surface area contributed by atoms with Gasteiger partial charge in [-0.2, -0.15) is 5.10 Å². The zero-order chi connectivity index (χ0) is 20.1. The Morgan fingerprint density at radius 3 is 2.10 bits per heavy atom. The van der Waals surface area contributed by atoms with Crippen molar-refractivity contribution in [2.45, 2.75) is 12.6 Å². The van der Waals surface area contributed by atoms with E-state index in [1.807, 2.05) is 78.5 Å². The highest BCUT2D eigenvalue weighted by Gasteiger charge is 2.16. The van der Waals surface area contributed by atoms with Crippen LogP contribution in [0, 0.1) is 0 Å². The molecule has 0 aliphatic heterocycles. The maximum Gasteiger partial charge on any atom is 0.0972 e. The van der Waals surface area contributed by atoms with E-state index < -0.39 is 6.10 Å². The van der Waals surface area contributed by atoms with Crippen LogP contribution in [0.3, 0.4) is 0 Å². The van der Waals surface area contributed by atoms with Gasteiger partial charge in [0.15, 0.2) is 0 Å². The molecule has 0 spiro atoms. The molecule has 29 heavy (non-hydrogen) atoms. The van der Waals surface area contributed by atoms with E-state index in [2.05, 4.69) is 35.4 Å². The van der Waals surface area contributed by atoms with Crippen molar-refractivity contribution in [2.24, 2.45) is 0 Å². The van der Waals surface area contributed by atoms with E-state index in [0.717, 1.165) is 28.1 Å². The summed E-state index contributed by atoms with van der Waals surface area (Å²) in [6, 6.07) is 30.2. The van der Waals surface area contributed by atoms with Gasteiger partial charge in [0.05, 0.1) is 17.5 Å². The number of rotatable bonds is 7. The van der Waals surface area contributed by atoms with Crippen molar-refractivity contribution in [1.29, 1.82) is 0 Å². The SMILES string of the molecule is CN(Cc1cn(-c2ccccc2)nc1-c1ccccc1)C[C@@H](O)c1ccccc1. The first-order valence-electron chi connectivity index (χ1n) is 9.81. The van der Waals surface area contributed by atoms with Crippen molar-refractivity contribution in [1.82, 2.24) is 14.7 Å². The number of aliphatic hydroxyl groups excluding tert-OH is 1. The summed E-state index contributed by atoms with van der Waals surface area (Å²) in [7, 11) is 2.03. The summed E-state index contributed by atoms with van der Waals surface area (Å²) in [5.41, 5.74) is 5.15. The van der Waals surface area contributed by atoms with Gasteiger partial charge in [-0.1, -0.05) is 78.9 Å². The average molecular weight is 383 g/mol. The van der Waals surface area contributed by atoms with Gasteiger partial charge in [0.1, 0.15) is 0 Å². The Labute approximate surface area is 171 Å². The monoisotopic (exact) mass is 383 g/mol. The first-order valence-corrected chi connectivity index (χ1v) is 9.81. The number of hydrogen-bond acceptors (Lipinski definition) is 3. The Morgan fingerprint density at radius 1 is 0.862 bits per heavy atom. The molecule has 4 nitrogen and oxygen atoms in total. The smallest absolute Gasteiger partial charge is 0.0972 e. The van der Waals surface area contributed by atoms with Crippen LogP contribution in [0.1, 0.15) is 17.2 Å². The maximum atomic E-state index is 10.6. The van der Waals surface area contributed by atoms with Crippen molar-refractivity contribution < 1.29 is 5.11 Å². The van der Waals surface area contributed by atoms with Crippen LogP contribution >= 0.6 is 0 Å². The Morgan fingerprint density at radius 2 is 1.45 bits per heavy atom. The van der Waals surface area contributed by atoms with Crippen LogP contribution in [-0.4, -0.2) is 33.4 Å². The molecule has 0 saturated carbocycles. The minimum atomic E-state index is -0.523. The predicted octanol–water partition coefficient (Wildman–Crippen LogP) is 4.70. The molecule has 1 heterocycles. The first kappa shape index (κ1) is 19.1. The van der Waals surface area contributed by atoms with E-state index in [1.165, 1.54) is 0 Å². The van der Waals surface area contributed by atoms with E-state index >= 15 is 0 Å². The van der Waals surface area contributed by atoms with Crippen LogP contribution in [-0.2, 0) is 6.54 Å². The fourth-order valence-electron chi connectivity index (χ4n) is 3.51. The molecular weight excluding hydrogens is 358 g/mol. The highest BCUT2D eigenvalue weighted by atomic mass is 16.3. The number of benzene rings is 3. The molecule has 0 amide bonds. The molecule has 0 bridgehead atoms. The fraction of sp³-hybridized carbons (Fsp3) is 0.160. The zero-order valence-corrected chi connectivity index (χ0v) is 16.5. The van der Waals surface area contributed by atoms with Gasteiger partial charge in [0.25, 0.3) is 0 Å². The third-order valence-electron chi connectivity index (χ3n) is 4.97. The first-order chi connectivity index (χ1) is 14.2. The molecule has 146 valence electrons. The van der Waals surface area contributed by atoms with E-state index in [9.17, 15) is 5.11 Å². The molecule has 0 unspecified atom stereocenters. The van der Waals surface area contributed by atoms with E-state index in [0.29, 0.717) is 13.1 Å². The molecule has 3 aromatic carbocycles. The number of nitrogens with zero attached hydrogens (tertiary/aromatic N) is 3. The van der Waals surface area contributed by atoms with Crippen LogP contribution in [0.5, 0.6) is 0 Å². The topological polar surface area (TPSA) is 41.3 Å². The standard InChI is InChI=1S/C25H25N3O/c1-27(19-24(29)20-11-5-2-6-12-20)17-22-18-28(23-15-9-4-10-16-23)26-25(22)21-13-7-3-8-14-21/h2-16,18,24,29H,17,19H2,1H3/t24-/m1/s1. The van der Waals surface area contributed by atoms with Crippen LogP contribution < -0.4 is 0 Å². The number of likely N-dealkylation sites (N-methyl/N-ethyl adjacent to an activating group) is 1. The molecule has 0 radical (unpaired) electrons. The van der Waals surface area contributed by atoms with Crippen molar-refractivity contribution in [3.8, 4) is 16.9 Å². The predicted molar refractivity (Wildman–Crippen MR) is 117 cm³/mol. The lowest BCUT2D eigenvalue weighted by Crippen LogP contribution is -2.24. The minimum absolute atomic E-state index is 0.523. The average Bonchev–Trinajstić information content (AvgIpc) is 3.19. The molecular formula is C25H25N3O. The second kappa shape index (κ2) is 8.86. The summed E-state index contributed by atoms with van der Waals surface area (Å²) >= 11 is 0. The number of aromatic nitrogens is 2. The second-order valence-electron chi connectivity index (χ2n) is 7.27. The van der Waals surface area contributed by atoms with Gasteiger partial charge in [0, 0.05) is 30.4 Å². The summed E-state index contributed by atoms with van der Waals surface area (Å²) in [6.07, 6.45) is 1.56. The zero-order valence-electron chi connectivity index (χ0n) is 16.5. The Hall–Kier alpha value is -3.21. The molecule has 1 N–H and O–H groups in total. The molecule has 4 heteroatoms. The third kappa shape index (κ3) is 4.62. The summed E-state index contributed by atoms with van der Waals surface area (Å²) in [6.45, 7) is 1.25. The number of hydrogen-bond donors (Lipinski definition) is 1. The minimum Gasteiger partial charge on any atom is -0.387 e. The number of aliphatic hydroxyl groups is 1. The van der Waals surface area contributed by atoms with E-state index in [1.54, 1.807) is 0 Å². The fourth-order valence-corrected chi connectivity index (χ4v) is 3.51. The van der Waals surface area contributed by atoms with Crippen LogP contribution in [0.4, 0.5) is 0 Å². The highest BCUT2D eigenvalue weighted by molar-refractivity contribution is 5.63. The third-order valence-corrected chi connectivity index (χ3v) is 4.97. The molecule has 1 aromatic heterocycles. The van der Waals surface area contributed by atoms with Gasteiger partial charge < -0.3 is 5.11 Å². The van der Waals surface area contributed by atoms with Gasteiger partial charge >= 0.3 is 0 Å². The van der Waals surface area contributed by atoms with Gasteiger partial charge in [-0.15, -0.1) is 0 Å². The van der Waals surface area contributed by atoms with Gasteiger partial charge in [-0.25, -0.2) is 4.68 Å². The largest absolute Gasteiger partial charge is 0.387 e. The van der Waals surface area contributed by atoms with Gasteiger partial charge in [0.2, 0.25) is 0 Å². The lowest BCUT2D eigenvalue weighted by atomic mass is 10.1. The van der Waals surface area contributed by atoms with Gasteiger partial charge in [-0.3, -0.25) is 4.90 Å². The number of para-hydroxylation sites is 1. The molecule has 0 aliphatic rings. The molecule has 4 rings (SSSR count). The summed E-state index contributed by atoms with van der Waals surface area (Å²) in [4.78, 5) is 2.14. The molecule has 0 aliphatic carbocycles. The van der Waals surface area contributed by atoms with Crippen molar-refractivity contribution in [3.63, 3.8) is 0 Å². The Kier molecular flexibility index (Phi) is 5.84. The summed E-state index contributed by atoms with van der Waals surface area (Å²) in [5, 5.41) is 15.4. The van der Waals surface area contributed by atoms with Gasteiger partial charge in [-0.05, 0) is 24.7 Å². The van der Waals surface area contributed by atoms with Crippen LogP contribution in [0.15, 0.2) is 97.2 Å². The lowest BCUT2D eigenvalue weighted by molar-refractivity contribution is 0.124. The van der Waals surface area contributed by atoms with Crippen LogP contribution in [0.25, 0.3) is 16.9 Å². The van der Waals surface area contributed by atoms with Crippen molar-refractivity contribution in [2.75, 3.05) is 13.6 Å². The van der Waals surface area contributed by atoms with Crippen molar-refractivity contribution in [3.05, 3.63) is 108 Å². The molecule has 0 saturated heterocycles.